The second kappa shape index (κ2) is 6.14. The molecule has 0 aliphatic carbocycles. The van der Waals surface area contributed by atoms with E-state index in [2.05, 4.69) is 0 Å². The third-order valence-corrected chi connectivity index (χ3v) is 2.89. The summed E-state index contributed by atoms with van der Waals surface area (Å²) in [5, 5.41) is 0. The zero-order valence-corrected chi connectivity index (χ0v) is 10.7. The molecule has 0 radical (unpaired) electrons. The predicted molar refractivity (Wildman–Crippen MR) is 71.8 cm³/mol. The Bertz CT molecular complexity index is 561. The highest BCUT2D eigenvalue weighted by atomic mass is 19.1. The monoisotopic (exact) mass is 258 g/mol. The maximum Gasteiger partial charge on any atom is 0.141 e. The first kappa shape index (κ1) is 13.3. The summed E-state index contributed by atoms with van der Waals surface area (Å²) in [6.45, 7) is 0. The number of carbonyl (C=O) groups excluding carboxylic acids is 1. The molecule has 98 valence electrons. The first-order valence-electron chi connectivity index (χ1n) is 6.07. The first-order valence-corrected chi connectivity index (χ1v) is 6.07. The van der Waals surface area contributed by atoms with Gasteiger partial charge >= 0.3 is 0 Å². The van der Waals surface area contributed by atoms with Gasteiger partial charge in [0.2, 0.25) is 0 Å². The number of carbonyl (C=O) groups is 1. The fourth-order valence-electron chi connectivity index (χ4n) is 1.95. The summed E-state index contributed by atoms with van der Waals surface area (Å²) in [7, 11) is 1.59. The van der Waals surface area contributed by atoms with Crippen LogP contribution in [-0.2, 0) is 17.6 Å². The number of ketones is 1. The third-order valence-electron chi connectivity index (χ3n) is 2.89. The van der Waals surface area contributed by atoms with Gasteiger partial charge in [0.05, 0.1) is 7.11 Å². The van der Waals surface area contributed by atoms with Gasteiger partial charge in [-0.2, -0.15) is 0 Å². The number of benzene rings is 2. The minimum atomic E-state index is -0.291. The highest BCUT2D eigenvalue weighted by Crippen LogP contribution is 2.18. The van der Waals surface area contributed by atoms with Gasteiger partial charge in [0, 0.05) is 18.4 Å². The van der Waals surface area contributed by atoms with E-state index in [-0.39, 0.29) is 11.6 Å². The van der Waals surface area contributed by atoms with Gasteiger partial charge in [0.15, 0.2) is 0 Å². The molecule has 0 spiro atoms. The number of methoxy groups -OCH3 is 1. The van der Waals surface area contributed by atoms with Gasteiger partial charge in [0.25, 0.3) is 0 Å². The van der Waals surface area contributed by atoms with E-state index >= 15 is 0 Å². The van der Waals surface area contributed by atoms with Gasteiger partial charge in [-0.05, 0) is 23.8 Å². The molecule has 0 heterocycles. The van der Waals surface area contributed by atoms with Crippen molar-refractivity contribution in [2.75, 3.05) is 7.11 Å². The molecule has 2 rings (SSSR count). The SMILES string of the molecule is COc1ccccc1CC(=O)Cc1ccc(F)cc1. The van der Waals surface area contributed by atoms with Crippen molar-refractivity contribution in [2.24, 2.45) is 0 Å². The van der Waals surface area contributed by atoms with Crippen LogP contribution in [0.2, 0.25) is 0 Å². The number of ether oxygens (including phenoxy) is 1. The fraction of sp³-hybridized carbons (Fsp3) is 0.188. The van der Waals surface area contributed by atoms with Gasteiger partial charge in [-0.25, -0.2) is 4.39 Å². The van der Waals surface area contributed by atoms with Crippen molar-refractivity contribution in [3.8, 4) is 5.75 Å². The summed E-state index contributed by atoms with van der Waals surface area (Å²) in [5.74, 6) is 0.506. The number of hydrogen-bond donors (Lipinski definition) is 0. The molecule has 0 atom stereocenters. The molecule has 3 heteroatoms. The van der Waals surface area contributed by atoms with Crippen LogP contribution in [0.3, 0.4) is 0 Å². The maximum absolute atomic E-state index is 12.8. The Morgan fingerprint density at radius 2 is 1.74 bits per heavy atom. The van der Waals surface area contributed by atoms with Crippen molar-refractivity contribution in [2.45, 2.75) is 12.8 Å². The average molecular weight is 258 g/mol. The van der Waals surface area contributed by atoms with Crippen molar-refractivity contribution in [3.05, 3.63) is 65.5 Å². The molecular weight excluding hydrogens is 243 g/mol. The largest absolute Gasteiger partial charge is 0.496 e. The van der Waals surface area contributed by atoms with Crippen LogP contribution in [-0.4, -0.2) is 12.9 Å². The van der Waals surface area contributed by atoms with Gasteiger partial charge in [-0.15, -0.1) is 0 Å². The van der Waals surface area contributed by atoms with Crippen LogP contribution < -0.4 is 4.74 Å². The van der Waals surface area contributed by atoms with Gasteiger partial charge < -0.3 is 4.74 Å². The summed E-state index contributed by atoms with van der Waals surface area (Å²) in [6.07, 6.45) is 0.625. The van der Waals surface area contributed by atoms with Crippen molar-refractivity contribution in [1.82, 2.24) is 0 Å². The molecule has 2 nitrogen and oxygen atoms in total. The number of rotatable bonds is 5. The second-order valence-corrected chi connectivity index (χ2v) is 4.33. The van der Waals surface area contributed by atoms with Crippen LogP contribution in [0.25, 0.3) is 0 Å². The number of para-hydroxylation sites is 1. The Kier molecular flexibility index (Phi) is 4.29. The Morgan fingerprint density at radius 3 is 2.42 bits per heavy atom. The average Bonchev–Trinajstić information content (AvgIpc) is 2.42. The number of halogens is 1. The second-order valence-electron chi connectivity index (χ2n) is 4.33. The van der Waals surface area contributed by atoms with E-state index in [1.807, 2.05) is 24.3 Å². The van der Waals surface area contributed by atoms with E-state index in [1.165, 1.54) is 12.1 Å². The maximum atomic E-state index is 12.8. The summed E-state index contributed by atoms with van der Waals surface area (Å²) in [6, 6.07) is 13.5. The minimum absolute atomic E-state index is 0.0797. The molecule has 0 bridgehead atoms. The lowest BCUT2D eigenvalue weighted by Gasteiger charge is -2.07. The van der Waals surface area contributed by atoms with Crippen molar-refractivity contribution in [3.63, 3.8) is 0 Å². The van der Waals surface area contributed by atoms with Crippen LogP contribution in [0.4, 0.5) is 4.39 Å². The highest BCUT2D eigenvalue weighted by Gasteiger charge is 2.09. The molecular formula is C16H15FO2. The quantitative estimate of drug-likeness (QED) is 0.823. The topological polar surface area (TPSA) is 26.3 Å². The summed E-state index contributed by atoms with van der Waals surface area (Å²) >= 11 is 0. The molecule has 0 aromatic heterocycles. The lowest BCUT2D eigenvalue weighted by molar-refractivity contribution is -0.117. The minimum Gasteiger partial charge on any atom is -0.496 e. The molecule has 0 aliphatic heterocycles. The van der Waals surface area contributed by atoms with Crippen LogP contribution in [0, 0.1) is 5.82 Å². The lowest BCUT2D eigenvalue weighted by atomic mass is 10.0. The van der Waals surface area contributed by atoms with E-state index < -0.39 is 0 Å². The zero-order valence-electron chi connectivity index (χ0n) is 10.7. The molecule has 0 aliphatic rings. The first-order chi connectivity index (χ1) is 9.19. The number of hydrogen-bond acceptors (Lipinski definition) is 2. The zero-order chi connectivity index (χ0) is 13.7. The molecule has 0 N–H and O–H groups in total. The lowest BCUT2D eigenvalue weighted by Crippen LogP contribution is -2.07. The fourth-order valence-corrected chi connectivity index (χ4v) is 1.95. The Balaban J connectivity index is 2.03. The van der Waals surface area contributed by atoms with Gasteiger partial charge in [0.1, 0.15) is 17.3 Å². The Morgan fingerprint density at radius 1 is 1.05 bits per heavy atom. The smallest absolute Gasteiger partial charge is 0.141 e. The molecule has 19 heavy (non-hydrogen) atoms. The van der Waals surface area contributed by atoms with Crippen molar-refractivity contribution >= 4 is 5.78 Å². The van der Waals surface area contributed by atoms with Crippen molar-refractivity contribution < 1.29 is 13.9 Å². The summed E-state index contributed by atoms with van der Waals surface area (Å²) in [4.78, 5) is 12.0. The molecule has 2 aromatic rings. The van der Waals surface area contributed by atoms with Crippen LogP contribution in [0.15, 0.2) is 48.5 Å². The summed E-state index contributed by atoms with van der Waals surface area (Å²) < 4.78 is 18.0. The third kappa shape index (κ3) is 3.65. The Labute approximate surface area is 111 Å². The van der Waals surface area contributed by atoms with Crippen LogP contribution >= 0.6 is 0 Å². The van der Waals surface area contributed by atoms with E-state index in [1.54, 1.807) is 19.2 Å². The predicted octanol–water partition coefficient (Wildman–Crippen LogP) is 3.19. The van der Waals surface area contributed by atoms with Gasteiger partial charge in [-0.3, -0.25) is 4.79 Å². The normalized spacial score (nSPS) is 10.2. The number of Topliss-reactive ketones (excluding diaryl/α,β-unsaturated/α-hetero) is 1. The molecule has 0 amide bonds. The van der Waals surface area contributed by atoms with E-state index in [9.17, 15) is 9.18 Å². The van der Waals surface area contributed by atoms with Crippen LogP contribution in [0.5, 0.6) is 5.75 Å². The van der Waals surface area contributed by atoms with Crippen LogP contribution in [0.1, 0.15) is 11.1 Å². The molecule has 0 saturated carbocycles. The molecule has 0 fully saturated rings. The molecule has 0 saturated heterocycles. The van der Waals surface area contributed by atoms with E-state index in [0.29, 0.717) is 12.8 Å². The summed E-state index contributed by atoms with van der Waals surface area (Å²) in [5.41, 5.74) is 1.69. The van der Waals surface area contributed by atoms with Gasteiger partial charge in [-0.1, -0.05) is 30.3 Å². The molecule has 0 unspecified atom stereocenters. The Hall–Kier alpha value is -2.16. The standard InChI is InChI=1S/C16H15FO2/c1-19-16-5-3-2-4-13(16)11-15(18)10-12-6-8-14(17)9-7-12/h2-9H,10-11H2,1H3. The van der Waals surface area contributed by atoms with E-state index in [0.717, 1.165) is 16.9 Å². The van der Waals surface area contributed by atoms with E-state index in [4.69, 9.17) is 4.74 Å². The highest BCUT2D eigenvalue weighted by molar-refractivity contribution is 5.83. The molecule has 2 aromatic carbocycles. The van der Waals surface area contributed by atoms with Crippen molar-refractivity contribution in [1.29, 1.82) is 0 Å².